The Labute approximate surface area is 143 Å². The summed E-state index contributed by atoms with van der Waals surface area (Å²) in [4.78, 5) is 11.8. The lowest BCUT2D eigenvalue weighted by atomic mass is 9.98. The number of hydrogen-bond acceptors (Lipinski definition) is 3. The number of benzene rings is 3. The van der Waals surface area contributed by atoms with Crippen LogP contribution < -0.4 is 4.74 Å². The van der Waals surface area contributed by atoms with Crippen molar-refractivity contribution in [3.63, 3.8) is 0 Å². The van der Waals surface area contributed by atoms with Crippen molar-refractivity contribution in [1.82, 2.24) is 0 Å². The van der Waals surface area contributed by atoms with Crippen LogP contribution >= 0.6 is 11.3 Å². The molecular weight excluding hydrogens is 316 g/mol. The van der Waals surface area contributed by atoms with E-state index in [1.165, 1.54) is 20.9 Å². The van der Waals surface area contributed by atoms with Crippen molar-refractivity contribution >= 4 is 37.5 Å². The molecule has 0 aliphatic carbocycles. The van der Waals surface area contributed by atoms with Crippen molar-refractivity contribution in [3.8, 4) is 16.9 Å². The first-order chi connectivity index (χ1) is 11.8. The normalized spacial score (nSPS) is 10.8. The summed E-state index contributed by atoms with van der Waals surface area (Å²) in [5.41, 5.74) is 1.97. The second-order valence-electron chi connectivity index (χ2n) is 5.40. The number of carbonyl (C=O) groups is 1. The predicted molar refractivity (Wildman–Crippen MR) is 101 cm³/mol. The molecule has 0 unspecified atom stereocenters. The molecule has 0 spiro atoms. The summed E-state index contributed by atoms with van der Waals surface area (Å²) < 4.78 is 7.92. The topological polar surface area (TPSA) is 26.3 Å². The zero-order valence-electron chi connectivity index (χ0n) is 12.9. The van der Waals surface area contributed by atoms with Crippen molar-refractivity contribution in [2.24, 2.45) is 0 Å². The predicted octanol–water partition coefficient (Wildman–Crippen LogP) is 5.81. The highest BCUT2D eigenvalue weighted by molar-refractivity contribution is 7.25. The van der Waals surface area contributed by atoms with Gasteiger partial charge in [-0.1, -0.05) is 55.1 Å². The van der Waals surface area contributed by atoms with Crippen molar-refractivity contribution < 1.29 is 9.53 Å². The molecule has 0 bridgehead atoms. The monoisotopic (exact) mass is 330 g/mol. The number of thiophene rings is 1. The Balaban J connectivity index is 2.10. The van der Waals surface area contributed by atoms with E-state index in [0.29, 0.717) is 5.75 Å². The van der Waals surface area contributed by atoms with E-state index in [9.17, 15) is 4.79 Å². The maximum atomic E-state index is 11.8. The fourth-order valence-electron chi connectivity index (χ4n) is 2.92. The molecule has 0 saturated carbocycles. The number of esters is 1. The van der Waals surface area contributed by atoms with Gasteiger partial charge < -0.3 is 4.74 Å². The number of ether oxygens (including phenoxy) is 1. The highest BCUT2D eigenvalue weighted by Gasteiger charge is 2.17. The zero-order chi connectivity index (χ0) is 16.5. The molecule has 0 aliphatic rings. The standard InChI is InChI=1S/C21H14O2S/c1-2-19(22)23-16-12-13-18-21(15-10-6-7-11-17(15)24-18)20(16)14-8-4-3-5-9-14/h2-13H,1H2. The SMILES string of the molecule is C=CC(=O)Oc1ccc2sc3ccccc3c2c1-c1ccccc1. The highest BCUT2D eigenvalue weighted by atomic mass is 32.1. The Bertz CT molecular complexity index is 1060. The van der Waals surface area contributed by atoms with Gasteiger partial charge in [-0.15, -0.1) is 11.3 Å². The van der Waals surface area contributed by atoms with E-state index in [0.717, 1.165) is 16.5 Å². The van der Waals surface area contributed by atoms with E-state index in [4.69, 9.17) is 4.74 Å². The van der Waals surface area contributed by atoms with Crippen LogP contribution in [-0.4, -0.2) is 5.97 Å². The van der Waals surface area contributed by atoms with Crippen LogP contribution in [0.4, 0.5) is 0 Å². The zero-order valence-corrected chi connectivity index (χ0v) is 13.7. The molecule has 0 radical (unpaired) electrons. The molecule has 24 heavy (non-hydrogen) atoms. The van der Waals surface area contributed by atoms with Crippen LogP contribution in [0.25, 0.3) is 31.3 Å². The molecule has 116 valence electrons. The van der Waals surface area contributed by atoms with Crippen LogP contribution in [-0.2, 0) is 4.79 Å². The third kappa shape index (κ3) is 2.39. The van der Waals surface area contributed by atoms with E-state index in [2.05, 4.69) is 18.7 Å². The minimum absolute atomic E-state index is 0.453. The molecule has 0 amide bonds. The quantitative estimate of drug-likeness (QED) is 0.269. The van der Waals surface area contributed by atoms with Gasteiger partial charge >= 0.3 is 5.97 Å². The molecule has 0 atom stereocenters. The van der Waals surface area contributed by atoms with E-state index >= 15 is 0 Å². The third-order valence-corrected chi connectivity index (χ3v) is 5.08. The summed E-state index contributed by atoms with van der Waals surface area (Å²) in [6.45, 7) is 3.49. The Morgan fingerprint density at radius 1 is 0.917 bits per heavy atom. The van der Waals surface area contributed by atoms with E-state index < -0.39 is 5.97 Å². The smallest absolute Gasteiger partial charge is 0.335 e. The second kappa shape index (κ2) is 5.95. The van der Waals surface area contributed by atoms with E-state index in [1.807, 2.05) is 54.6 Å². The average Bonchev–Trinajstić information content (AvgIpc) is 3.01. The van der Waals surface area contributed by atoms with Crippen LogP contribution in [0.3, 0.4) is 0 Å². The van der Waals surface area contributed by atoms with E-state index in [1.54, 1.807) is 11.3 Å². The molecule has 1 heterocycles. The lowest BCUT2D eigenvalue weighted by Gasteiger charge is -2.11. The van der Waals surface area contributed by atoms with Gasteiger partial charge in [0.2, 0.25) is 0 Å². The number of carbonyl (C=O) groups excluding carboxylic acids is 1. The number of rotatable bonds is 3. The largest absolute Gasteiger partial charge is 0.423 e. The molecule has 0 fully saturated rings. The van der Waals surface area contributed by atoms with Crippen molar-refractivity contribution in [2.45, 2.75) is 0 Å². The summed E-state index contributed by atoms with van der Waals surface area (Å²) in [6.07, 6.45) is 1.19. The first kappa shape index (κ1) is 14.7. The molecule has 0 aliphatic heterocycles. The van der Waals surface area contributed by atoms with Crippen molar-refractivity contribution in [2.75, 3.05) is 0 Å². The average molecular weight is 330 g/mol. The van der Waals surface area contributed by atoms with Crippen LogP contribution in [0.5, 0.6) is 5.75 Å². The molecule has 3 aromatic carbocycles. The van der Waals surface area contributed by atoms with Crippen LogP contribution in [0.2, 0.25) is 0 Å². The molecule has 4 rings (SSSR count). The van der Waals surface area contributed by atoms with Crippen LogP contribution in [0, 0.1) is 0 Å². The van der Waals surface area contributed by atoms with Crippen LogP contribution in [0.15, 0.2) is 79.4 Å². The number of hydrogen-bond donors (Lipinski definition) is 0. The second-order valence-corrected chi connectivity index (χ2v) is 6.49. The molecule has 2 nitrogen and oxygen atoms in total. The minimum atomic E-state index is -0.453. The minimum Gasteiger partial charge on any atom is -0.423 e. The lowest BCUT2D eigenvalue weighted by Crippen LogP contribution is -2.04. The summed E-state index contributed by atoms with van der Waals surface area (Å²) in [5.74, 6) is 0.105. The lowest BCUT2D eigenvalue weighted by molar-refractivity contribution is -0.128. The Kier molecular flexibility index (Phi) is 3.63. The molecule has 3 heteroatoms. The number of fused-ring (bicyclic) bond motifs is 3. The fourth-order valence-corrected chi connectivity index (χ4v) is 4.04. The van der Waals surface area contributed by atoms with Gasteiger partial charge in [-0.2, -0.15) is 0 Å². The van der Waals surface area contributed by atoms with Gasteiger partial charge in [0, 0.05) is 31.8 Å². The first-order valence-corrected chi connectivity index (χ1v) is 8.43. The van der Waals surface area contributed by atoms with Crippen LogP contribution in [0.1, 0.15) is 0 Å². The van der Waals surface area contributed by atoms with Gasteiger partial charge in [0.05, 0.1) is 0 Å². The van der Waals surface area contributed by atoms with Gasteiger partial charge in [0.25, 0.3) is 0 Å². The summed E-state index contributed by atoms with van der Waals surface area (Å²) in [5, 5.41) is 2.30. The molecule has 1 aromatic heterocycles. The highest BCUT2D eigenvalue weighted by Crippen LogP contribution is 2.44. The molecule has 4 aromatic rings. The summed E-state index contributed by atoms with van der Waals surface area (Å²) in [6, 6.07) is 22.2. The van der Waals surface area contributed by atoms with Crippen molar-refractivity contribution in [1.29, 1.82) is 0 Å². The van der Waals surface area contributed by atoms with Crippen molar-refractivity contribution in [3.05, 3.63) is 79.4 Å². The fraction of sp³-hybridized carbons (Fsp3) is 0. The Hall–Kier alpha value is -2.91. The molecular formula is C21H14O2S. The van der Waals surface area contributed by atoms with Gasteiger partial charge in [-0.05, 0) is 23.8 Å². The van der Waals surface area contributed by atoms with Gasteiger partial charge in [0.15, 0.2) is 0 Å². The third-order valence-electron chi connectivity index (χ3n) is 3.94. The van der Waals surface area contributed by atoms with E-state index in [-0.39, 0.29) is 0 Å². The maximum absolute atomic E-state index is 11.8. The van der Waals surface area contributed by atoms with Gasteiger partial charge in [0.1, 0.15) is 5.75 Å². The first-order valence-electron chi connectivity index (χ1n) is 7.62. The molecule has 0 saturated heterocycles. The Morgan fingerprint density at radius 2 is 1.67 bits per heavy atom. The maximum Gasteiger partial charge on any atom is 0.335 e. The summed E-state index contributed by atoms with van der Waals surface area (Å²) >= 11 is 1.74. The summed E-state index contributed by atoms with van der Waals surface area (Å²) in [7, 11) is 0. The molecule has 0 N–H and O–H groups in total. The van der Waals surface area contributed by atoms with Gasteiger partial charge in [-0.25, -0.2) is 4.79 Å². The Morgan fingerprint density at radius 3 is 2.46 bits per heavy atom. The van der Waals surface area contributed by atoms with Gasteiger partial charge in [-0.3, -0.25) is 0 Å².